The number of methoxy groups -OCH3 is 2. The lowest BCUT2D eigenvalue weighted by atomic mass is 10.2. The second-order valence-electron chi connectivity index (χ2n) is 9.18. The van der Waals surface area contributed by atoms with Crippen LogP contribution in [0, 0.1) is 29.8 Å². The molecule has 1 aromatic heterocycles. The van der Waals surface area contributed by atoms with Crippen LogP contribution in [-0.2, 0) is 14.8 Å². The normalized spacial score (nSPS) is 11.4. The van der Waals surface area contributed by atoms with Gasteiger partial charge in [0.15, 0.2) is 4.90 Å². The first-order chi connectivity index (χ1) is 20.5. The minimum absolute atomic E-state index is 0.0402. The smallest absolute Gasteiger partial charge is 0.289 e. The molecule has 0 aliphatic carbocycles. The van der Waals surface area contributed by atoms with Crippen LogP contribution < -0.4 is 19.2 Å². The van der Waals surface area contributed by atoms with Crippen molar-refractivity contribution < 1.29 is 32.0 Å². The Balaban J connectivity index is 1.66. The number of benzene rings is 3. The highest BCUT2D eigenvalue weighted by Gasteiger charge is 2.34. The summed E-state index contributed by atoms with van der Waals surface area (Å²) >= 11 is 0. The summed E-state index contributed by atoms with van der Waals surface area (Å²) in [5.74, 6) is -0.863. The predicted molar refractivity (Wildman–Crippen MR) is 158 cm³/mol. The topological polar surface area (TPSA) is 145 Å². The number of para-hydroxylation sites is 2. The molecule has 0 aliphatic rings. The first-order valence-corrected chi connectivity index (χ1v) is 14.2. The standard InChI is InChI=1S/C29H28FN5O7S/c1-19-15-21(20(2)34(19)24-10-6-5-9-23(24)30)17-31-32-29(36)18-33(25-14-13-22(41-3)16-27(25)42-4)43(39,40)28-12-8-7-11-26(28)35(37)38/h5-17H,18H2,1-4H3,(H,32,36). The Kier molecular flexibility index (Phi) is 9.09. The summed E-state index contributed by atoms with van der Waals surface area (Å²) < 4.78 is 55.1. The Hall–Kier alpha value is -5.24. The quantitative estimate of drug-likeness (QED) is 0.150. The van der Waals surface area contributed by atoms with Crippen LogP contribution in [0.3, 0.4) is 0 Å². The molecule has 224 valence electrons. The zero-order valence-electron chi connectivity index (χ0n) is 23.6. The van der Waals surface area contributed by atoms with Crippen LogP contribution in [0.1, 0.15) is 17.0 Å². The Labute approximate surface area is 247 Å². The highest BCUT2D eigenvalue weighted by Crippen LogP contribution is 2.37. The number of anilines is 1. The zero-order valence-corrected chi connectivity index (χ0v) is 24.5. The van der Waals surface area contributed by atoms with Gasteiger partial charge in [0.05, 0.1) is 36.7 Å². The molecule has 0 unspecified atom stereocenters. The largest absolute Gasteiger partial charge is 0.497 e. The highest BCUT2D eigenvalue weighted by atomic mass is 32.2. The lowest BCUT2D eigenvalue weighted by molar-refractivity contribution is -0.387. The summed E-state index contributed by atoms with van der Waals surface area (Å²) in [4.78, 5) is 23.3. The van der Waals surface area contributed by atoms with Gasteiger partial charge in [-0.05, 0) is 50.2 Å². The van der Waals surface area contributed by atoms with E-state index in [-0.39, 0.29) is 11.4 Å². The number of nitrogens with one attached hydrogen (secondary N) is 1. The van der Waals surface area contributed by atoms with E-state index in [1.807, 2.05) is 0 Å². The van der Waals surface area contributed by atoms with E-state index in [4.69, 9.17) is 9.47 Å². The fourth-order valence-electron chi connectivity index (χ4n) is 4.50. The van der Waals surface area contributed by atoms with Crippen LogP contribution in [0.15, 0.2) is 82.8 Å². The third-order valence-corrected chi connectivity index (χ3v) is 8.34. The van der Waals surface area contributed by atoms with Crippen molar-refractivity contribution in [3.8, 4) is 17.2 Å². The Bertz CT molecular complexity index is 1820. The second kappa shape index (κ2) is 12.7. The van der Waals surface area contributed by atoms with Gasteiger partial charge in [-0.2, -0.15) is 5.10 Å². The summed E-state index contributed by atoms with van der Waals surface area (Å²) in [6.45, 7) is 2.76. The van der Waals surface area contributed by atoms with Crippen molar-refractivity contribution >= 4 is 33.5 Å². The SMILES string of the molecule is COc1ccc(N(CC(=O)NN=Cc2cc(C)n(-c3ccccc3F)c2C)S(=O)(=O)c2ccccc2[N+](=O)[O-])c(OC)c1. The number of ether oxygens (including phenoxy) is 2. The number of nitro benzene ring substituents is 1. The summed E-state index contributed by atoms with van der Waals surface area (Å²) in [5, 5.41) is 15.6. The summed E-state index contributed by atoms with van der Waals surface area (Å²) in [6, 6.07) is 17.1. The number of rotatable bonds is 11. The number of aromatic nitrogens is 1. The van der Waals surface area contributed by atoms with Crippen LogP contribution in [-0.4, -0.2) is 50.8 Å². The number of aryl methyl sites for hydroxylation is 1. The van der Waals surface area contributed by atoms with E-state index in [0.29, 0.717) is 27.0 Å². The van der Waals surface area contributed by atoms with E-state index >= 15 is 0 Å². The Morgan fingerprint density at radius 1 is 1.07 bits per heavy atom. The number of carbonyl (C=O) groups excluding carboxylic acids is 1. The van der Waals surface area contributed by atoms with E-state index in [9.17, 15) is 27.7 Å². The minimum atomic E-state index is -4.68. The van der Waals surface area contributed by atoms with Gasteiger partial charge in [0.1, 0.15) is 23.9 Å². The lowest BCUT2D eigenvalue weighted by Gasteiger charge is -2.25. The molecule has 0 fully saturated rings. The van der Waals surface area contributed by atoms with Gasteiger partial charge in [-0.1, -0.05) is 24.3 Å². The van der Waals surface area contributed by atoms with Gasteiger partial charge in [-0.3, -0.25) is 19.2 Å². The molecule has 0 bridgehead atoms. The molecule has 0 aliphatic heterocycles. The molecule has 0 saturated carbocycles. The fourth-order valence-corrected chi connectivity index (χ4v) is 6.09. The molecule has 12 nitrogen and oxygen atoms in total. The van der Waals surface area contributed by atoms with Crippen molar-refractivity contribution in [3.05, 3.63) is 106 Å². The van der Waals surface area contributed by atoms with E-state index in [0.717, 1.165) is 17.8 Å². The molecular weight excluding hydrogens is 581 g/mol. The third-order valence-electron chi connectivity index (χ3n) is 6.53. The number of hydrogen-bond donors (Lipinski definition) is 1. The van der Waals surface area contributed by atoms with E-state index < -0.39 is 43.8 Å². The number of hydrogen-bond acceptors (Lipinski definition) is 8. The molecule has 1 amide bonds. The molecule has 3 aromatic carbocycles. The molecule has 43 heavy (non-hydrogen) atoms. The van der Waals surface area contributed by atoms with Crippen molar-refractivity contribution in [1.29, 1.82) is 0 Å². The molecule has 0 atom stereocenters. The van der Waals surface area contributed by atoms with Crippen LogP contribution in [0.25, 0.3) is 5.69 Å². The second-order valence-corrected chi connectivity index (χ2v) is 11.0. The number of nitrogens with zero attached hydrogens (tertiary/aromatic N) is 4. The number of nitro groups is 1. The van der Waals surface area contributed by atoms with Crippen LogP contribution in [0.5, 0.6) is 11.5 Å². The molecule has 1 N–H and O–H groups in total. The minimum Gasteiger partial charge on any atom is -0.497 e. The lowest BCUT2D eigenvalue weighted by Crippen LogP contribution is -2.40. The van der Waals surface area contributed by atoms with Gasteiger partial charge in [0.25, 0.3) is 21.6 Å². The van der Waals surface area contributed by atoms with E-state index in [1.54, 1.807) is 42.7 Å². The molecule has 14 heteroatoms. The average Bonchev–Trinajstić information content (AvgIpc) is 3.27. The van der Waals surface area contributed by atoms with Gasteiger partial charge in [-0.25, -0.2) is 18.2 Å². The first kappa shape index (κ1) is 30.7. The number of sulfonamides is 1. The first-order valence-electron chi connectivity index (χ1n) is 12.7. The van der Waals surface area contributed by atoms with Gasteiger partial charge in [0.2, 0.25) is 0 Å². The Morgan fingerprint density at radius 2 is 1.77 bits per heavy atom. The predicted octanol–water partition coefficient (Wildman–Crippen LogP) is 4.50. The van der Waals surface area contributed by atoms with Gasteiger partial charge >= 0.3 is 0 Å². The number of halogens is 1. The summed E-state index contributed by atoms with van der Waals surface area (Å²) in [5.41, 5.74) is 3.90. The molecule has 0 saturated heterocycles. The molecule has 0 radical (unpaired) electrons. The van der Waals surface area contributed by atoms with Crippen molar-refractivity contribution in [3.63, 3.8) is 0 Å². The van der Waals surface area contributed by atoms with Crippen LogP contribution in [0.2, 0.25) is 0 Å². The molecular formula is C29H28FN5O7S. The fraction of sp³-hybridized carbons (Fsp3) is 0.172. The van der Waals surface area contributed by atoms with Crippen LogP contribution in [0.4, 0.5) is 15.8 Å². The average molecular weight is 610 g/mol. The van der Waals surface area contributed by atoms with Crippen molar-refractivity contribution in [2.24, 2.45) is 5.10 Å². The monoisotopic (exact) mass is 609 g/mol. The maximum Gasteiger partial charge on any atom is 0.289 e. The molecule has 1 heterocycles. The third kappa shape index (κ3) is 6.33. The molecule has 4 rings (SSSR count). The Morgan fingerprint density at radius 3 is 2.44 bits per heavy atom. The van der Waals surface area contributed by atoms with Crippen molar-refractivity contribution in [2.75, 3.05) is 25.1 Å². The maximum absolute atomic E-state index is 14.4. The molecule has 4 aromatic rings. The van der Waals surface area contributed by atoms with Gasteiger partial charge in [-0.15, -0.1) is 0 Å². The molecule has 0 spiro atoms. The van der Waals surface area contributed by atoms with E-state index in [1.165, 1.54) is 56.8 Å². The van der Waals surface area contributed by atoms with Crippen LogP contribution >= 0.6 is 0 Å². The number of hydrazone groups is 1. The maximum atomic E-state index is 14.4. The van der Waals surface area contributed by atoms with Gasteiger partial charge < -0.3 is 14.0 Å². The number of amides is 1. The van der Waals surface area contributed by atoms with Crippen molar-refractivity contribution in [1.82, 2.24) is 9.99 Å². The zero-order chi connectivity index (χ0) is 31.3. The van der Waals surface area contributed by atoms with Gasteiger partial charge in [0, 0.05) is 29.1 Å². The highest BCUT2D eigenvalue weighted by molar-refractivity contribution is 7.93. The van der Waals surface area contributed by atoms with E-state index in [2.05, 4.69) is 10.5 Å². The number of carbonyl (C=O) groups is 1. The summed E-state index contributed by atoms with van der Waals surface area (Å²) in [7, 11) is -1.96. The summed E-state index contributed by atoms with van der Waals surface area (Å²) in [6.07, 6.45) is 1.35. The van der Waals surface area contributed by atoms with Crippen molar-refractivity contribution in [2.45, 2.75) is 18.7 Å².